The predicted octanol–water partition coefficient (Wildman–Crippen LogP) is 4.17. The Morgan fingerprint density at radius 3 is 2.81 bits per heavy atom. The van der Waals surface area contributed by atoms with Gasteiger partial charge in [-0.15, -0.1) is 11.6 Å². The number of hydrogen-bond acceptors (Lipinski definition) is 2. The molecule has 0 amide bonds. The molecule has 0 bridgehead atoms. The molecule has 21 heavy (non-hydrogen) atoms. The van der Waals surface area contributed by atoms with Crippen LogP contribution in [0.3, 0.4) is 0 Å². The molecule has 0 saturated heterocycles. The summed E-state index contributed by atoms with van der Waals surface area (Å²) >= 11 is 8.24. The number of alkyl halides is 1. The molecule has 3 nitrogen and oxygen atoms in total. The van der Waals surface area contributed by atoms with Crippen molar-refractivity contribution in [2.75, 3.05) is 5.88 Å². The monoisotopic (exact) mass is 411 g/mol. The third kappa shape index (κ3) is 3.21. The van der Waals surface area contributed by atoms with Gasteiger partial charge in [0.1, 0.15) is 5.82 Å². The molecule has 0 spiro atoms. The number of imidazole rings is 1. The molecule has 3 aromatic rings. The summed E-state index contributed by atoms with van der Waals surface area (Å²) in [5.74, 6) is 1.59. The average molecular weight is 412 g/mol. The average Bonchev–Trinajstić information content (AvgIpc) is 2.76. The minimum atomic E-state index is 0.571. The van der Waals surface area contributed by atoms with Crippen LogP contribution >= 0.6 is 34.2 Å². The topological polar surface area (TPSA) is 30.7 Å². The van der Waals surface area contributed by atoms with E-state index in [1.54, 1.807) is 0 Å². The second kappa shape index (κ2) is 6.32. The Hall–Kier alpha value is -1.14. The second-order valence-electron chi connectivity index (χ2n) is 4.96. The molecule has 108 valence electrons. The van der Waals surface area contributed by atoms with E-state index in [9.17, 15) is 0 Å². The molecule has 1 aromatic carbocycles. The lowest BCUT2D eigenvalue weighted by Gasteiger charge is -2.08. The Labute approximate surface area is 142 Å². The highest BCUT2D eigenvalue weighted by Gasteiger charge is 2.11. The lowest BCUT2D eigenvalue weighted by molar-refractivity contribution is 0.735. The number of pyridine rings is 1. The van der Waals surface area contributed by atoms with Crippen molar-refractivity contribution in [2.24, 2.45) is 0 Å². The van der Waals surface area contributed by atoms with Gasteiger partial charge in [-0.25, -0.2) is 4.98 Å². The van der Waals surface area contributed by atoms with Crippen molar-refractivity contribution in [1.82, 2.24) is 14.5 Å². The number of aryl methyl sites for hydroxylation is 2. The molecule has 0 aliphatic carbocycles. The quantitative estimate of drug-likeness (QED) is 0.476. The Bertz CT molecular complexity index is 782. The fourth-order valence-corrected chi connectivity index (χ4v) is 3.10. The molecule has 0 atom stereocenters. The van der Waals surface area contributed by atoms with Gasteiger partial charge in [-0.05, 0) is 59.8 Å². The van der Waals surface area contributed by atoms with E-state index < -0.39 is 0 Å². The maximum Gasteiger partial charge on any atom is 0.111 e. The van der Waals surface area contributed by atoms with Crippen LogP contribution in [0.5, 0.6) is 0 Å². The van der Waals surface area contributed by atoms with Gasteiger partial charge in [-0.1, -0.05) is 6.07 Å². The van der Waals surface area contributed by atoms with Gasteiger partial charge in [0.2, 0.25) is 0 Å². The largest absolute Gasteiger partial charge is 0.322 e. The van der Waals surface area contributed by atoms with Gasteiger partial charge in [0.05, 0.1) is 23.3 Å². The van der Waals surface area contributed by atoms with Crippen molar-refractivity contribution < 1.29 is 0 Å². The van der Waals surface area contributed by atoms with E-state index in [2.05, 4.69) is 56.4 Å². The molecule has 0 aliphatic rings. The summed E-state index contributed by atoms with van der Waals surface area (Å²) < 4.78 is 3.41. The Morgan fingerprint density at radius 1 is 1.19 bits per heavy atom. The second-order valence-corrected chi connectivity index (χ2v) is 6.58. The van der Waals surface area contributed by atoms with E-state index in [1.165, 1.54) is 3.57 Å². The third-order valence-corrected chi connectivity index (χ3v) is 4.23. The third-order valence-electron chi connectivity index (χ3n) is 3.37. The number of halogens is 2. The molecule has 3 rings (SSSR count). The molecular weight excluding hydrogens is 397 g/mol. The van der Waals surface area contributed by atoms with Crippen molar-refractivity contribution in [3.63, 3.8) is 0 Å². The zero-order valence-electron chi connectivity index (χ0n) is 11.7. The zero-order chi connectivity index (χ0) is 14.8. The van der Waals surface area contributed by atoms with E-state index >= 15 is 0 Å². The summed E-state index contributed by atoms with van der Waals surface area (Å²) in [4.78, 5) is 9.32. The van der Waals surface area contributed by atoms with Crippen molar-refractivity contribution >= 4 is 45.2 Å². The normalized spacial score (nSPS) is 11.2. The highest BCUT2D eigenvalue weighted by Crippen LogP contribution is 2.21. The summed E-state index contributed by atoms with van der Waals surface area (Å²) in [6.07, 6.45) is 0.763. The van der Waals surface area contributed by atoms with Crippen molar-refractivity contribution in [3.8, 4) is 0 Å². The van der Waals surface area contributed by atoms with Gasteiger partial charge in [-0.3, -0.25) is 4.98 Å². The lowest BCUT2D eigenvalue weighted by atomic mass is 10.3. The van der Waals surface area contributed by atoms with E-state index in [1.807, 2.05) is 19.1 Å². The molecule has 0 unspecified atom stereocenters. The van der Waals surface area contributed by atoms with E-state index in [0.717, 1.165) is 41.2 Å². The van der Waals surface area contributed by atoms with E-state index in [4.69, 9.17) is 16.6 Å². The van der Waals surface area contributed by atoms with Crippen LogP contribution in [0.15, 0.2) is 36.4 Å². The number of rotatable bonds is 4. The van der Waals surface area contributed by atoms with Crippen molar-refractivity contribution in [3.05, 3.63) is 57.2 Å². The maximum absolute atomic E-state index is 5.92. The smallest absolute Gasteiger partial charge is 0.111 e. The SMILES string of the molecule is Cc1cccc(Cn2c(CCCl)nc3cc(I)ccc32)n1. The van der Waals surface area contributed by atoms with Gasteiger partial charge in [0.15, 0.2) is 0 Å². The summed E-state index contributed by atoms with van der Waals surface area (Å²) in [5, 5.41) is 0. The van der Waals surface area contributed by atoms with Crippen LogP contribution < -0.4 is 0 Å². The molecule has 0 radical (unpaired) electrons. The van der Waals surface area contributed by atoms with Crippen LogP contribution in [0, 0.1) is 10.5 Å². The summed E-state index contributed by atoms with van der Waals surface area (Å²) in [6, 6.07) is 12.4. The van der Waals surface area contributed by atoms with Crippen LogP contribution in [0.4, 0.5) is 0 Å². The van der Waals surface area contributed by atoms with Gasteiger partial charge in [0, 0.05) is 21.6 Å². The van der Waals surface area contributed by atoms with Crippen LogP contribution in [0.2, 0.25) is 0 Å². The maximum atomic E-state index is 5.92. The Balaban J connectivity index is 2.08. The fraction of sp³-hybridized carbons (Fsp3) is 0.250. The van der Waals surface area contributed by atoms with Crippen molar-refractivity contribution in [2.45, 2.75) is 19.9 Å². The van der Waals surface area contributed by atoms with E-state index in [0.29, 0.717) is 5.88 Å². The van der Waals surface area contributed by atoms with Gasteiger partial charge in [0.25, 0.3) is 0 Å². The summed E-state index contributed by atoms with van der Waals surface area (Å²) in [6.45, 7) is 2.74. The molecule has 5 heteroatoms. The first kappa shape index (κ1) is 14.8. The van der Waals surface area contributed by atoms with Gasteiger partial charge < -0.3 is 4.57 Å². The van der Waals surface area contributed by atoms with Crippen LogP contribution in [0.25, 0.3) is 11.0 Å². The first-order valence-corrected chi connectivity index (χ1v) is 8.42. The molecule has 0 N–H and O–H groups in total. The first-order chi connectivity index (χ1) is 10.2. The molecule has 0 saturated carbocycles. The Kier molecular flexibility index (Phi) is 4.45. The number of benzene rings is 1. The van der Waals surface area contributed by atoms with Crippen LogP contribution in [-0.4, -0.2) is 20.4 Å². The van der Waals surface area contributed by atoms with Crippen LogP contribution in [-0.2, 0) is 13.0 Å². The Morgan fingerprint density at radius 2 is 2.05 bits per heavy atom. The highest BCUT2D eigenvalue weighted by atomic mass is 127. The fourth-order valence-electron chi connectivity index (χ4n) is 2.45. The minimum Gasteiger partial charge on any atom is -0.322 e. The van der Waals surface area contributed by atoms with Gasteiger partial charge >= 0.3 is 0 Å². The van der Waals surface area contributed by atoms with E-state index in [-0.39, 0.29) is 0 Å². The number of nitrogens with zero attached hydrogens (tertiary/aromatic N) is 3. The summed E-state index contributed by atoms with van der Waals surface area (Å²) in [5.41, 5.74) is 4.24. The summed E-state index contributed by atoms with van der Waals surface area (Å²) in [7, 11) is 0. The molecular formula is C16H15ClIN3. The molecule has 2 heterocycles. The number of hydrogen-bond donors (Lipinski definition) is 0. The zero-order valence-corrected chi connectivity index (χ0v) is 14.6. The van der Waals surface area contributed by atoms with Crippen LogP contribution in [0.1, 0.15) is 17.2 Å². The standard InChI is InChI=1S/C16H15ClIN3/c1-11-3-2-4-13(19-11)10-21-15-6-5-12(18)9-14(15)20-16(21)7-8-17/h2-6,9H,7-8,10H2,1H3. The number of aromatic nitrogens is 3. The molecule has 0 aliphatic heterocycles. The minimum absolute atomic E-state index is 0.571. The highest BCUT2D eigenvalue weighted by molar-refractivity contribution is 14.1. The molecule has 0 fully saturated rings. The van der Waals surface area contributed by atoms with Crippen molar-refractivity contribution in [1.29, 1.82) is 0 Å². The molecule has 2 aromatic heterocycles. The van der Waals surface area contributed by atoms with Gasteiger partial charge in [-0.2, -0.15) is 0 Å². The number of fused-ring (bicyclic) bond motifs is 1. The first-order valence-electron chi connectivity index (χ1n) is 6.80. The predicted molar refractivity (Wildman–Crippen MR) is 95.0 cm³/mol. The lowest BCUT2D eigenvalue weighted by Crippen LogP contribution is -2.07.